The molecule has 0 fully saturated rings. The molecule has 0 unspecified atom stereocenters. The summed E-state index contributed by atoms with van der Waals surface area (Å²) in [7, 11) is 0. The molecule has 0 aliphatic heterocycles. The lowest BCUT2D eigenvalue weighted by Crippen LogP contribution is -1.95. The summed E-state index contributed by atoms with van der Waals surface area (Å²) in [5.41, 5.74) is 0.469. The molecule has 90 valence electrons. The largest absolute Gasteiger partial charge is 0.307 e. The van der Waals surface area contributed by atoms with Crippen LogP contribution < -0.4 is 0 Å². The summed E-state index contributed by atoms with van der Waals surface area (Å²) in [6.07, 6.45) is 12.3. The summed E-state index contributed by atoms with van der Waals surface area (Å²) in [6, 6.07) is 0. The number of nitrogens with one attached hydrogen (secondary N) is 2. The zero-order valence-electron chi connectivity index (χ0n) is 9.85. The molecule has 0 saturated heterocycles. The molecule has 0 aliphatic rings. The van der Waals surface area contributed by atoms with Crippen molar-refractivity contribution in [2.24, 2.45) is 0 Å². The van der Waals surface area contributed by atoms with Crippen LogP contribution in [0.5, 0.6) is 0 Å². The number of unbranched alkanes of at least 4 members (excludes halogenated alkanes) is 7. The van der Waals surface area contributed by atoms with E-state index < -0.39 is 0 Å². The molecule has 0 amide bonds. The fraction of sp³-hybridized carbons (Fsp3) is 0.833. The highest BCUT2D eigenvalue weighted by molar-refractivity contribution is 6.27. The van der Waals surface area contributed by atoms with E-state index in [0.717, 1.165) is 19.1 Å². The molecule has 0 aliphatic carbocycles. The molecular weight excluding hydrogens is 208 g/mol. The van der Waals surface area contributed by atoms with Crippen molar-refractivity contribution in [1.82, 2.24) is 0 Å². The second-order valence-corrected chi connectivity index (χ2v) is 3.89. The predicted octanol–water partition coefficient (Wildman–Crippen LogP) is 4.61. The van der Waals surface area contributed by atoms with Gasteiger partial charge in [-0.1, -0.05) is 51.9 Å². The summed E-state index contributed by atoms with van der Waals surface area (Å²) in [6.45, 7) is 2.24. The van der Waals surface area contributed by atoms with E-state index >= 15 is 0 Å². The molecule has 2 nitrogen and oxygen atoms in total. The van der Waals surface area contributed by atoms with Gasteiger partial charge in [0.15, 0.2) is 0 Å². The van der Waals surface area contributed by atoms with Crippen LogP contribution in [0.1, 0.15) is 64.7 Å². The van der Waals surface area contributed by atoms with Gasteiger partial charge < -0.3 is 10.8 Å². The van der Waals surface area contributed by atoms with Crippen LogP contribution >= 0.6 is 12.4 Å². The van der Waals surface area contributed by atoms with Crippen LogP contribution in [-0.4, -0.2) is 11.9 Å². The number of hydrogen-bond acceptors (Lipinski definition) is 2. The fourth-order valence-corrected chi connectivity index (χ4v) is 1.52. The van der Waals surface area contributed by atoms with Crippen LogP contribution in [-0.2, 0) is 0 Å². The molecule has 15 heavy (non-hydrogen) atoms. The minimum Gasteiger partial charge on any atom is -0.307 e. The van der Waals surface area contributed by atoms with Gasteiger partial charge in [-0.2, -0.15) is 0 Å². The molecule has 0 radical (unpaired) electrons. The van der Waals surface area contributed by atoms with Gasteiger partial charge in [-0.25, -0.2) is 0 Å². The molecule has 0 spiro atoms. The third-order valence-corrected chi connectivity index (χ3v) is 2.47. The van der Waals surface area contributed by atoms with Crippen molar-refractivity contribution in [2.45, 2.75) is 64.7 Å². The van der Waals surface area contributed by atoms with E-state index in [0.29, 0.717) is 5.71 Å². The summed E-state index contributed by atoms with van der Waals surface area (Å²) in [4.78, 5) is 0. The van der Waals surface area contributed by atoms with E-state index in [1.54, 1.807) is 0 Å². The second kappa shape index (κ2) is 13.6. The Balaban J connectivity index is 0. The Morgan fingerprint density at radius 1 is 0.933 bits per heavy atom. The third kappa shape index (κ3) is 13.6. The van der Waals surface area contributed by atoms with Crippen molar-refractivity contribution >= 4 is 24.3 Å². The molecule has 0 rings (SSSR count). The van der Waals surface area contributed by atoms with Crippen LogP contribution in [0.25, 0.3) is 0 Å². The normalized spacial score (nSPS) is 9.40. The van der Waals surface area contributed by atoms with Gasteiger partial charge in [0, 0.05) is 11.9 Å². The summed E-state index contributed by atoms with van der Waals surface area (Å²) >= 11 is 0. The van der Waals surface area contributed by atoms with Crippen LogP contribution in [0.3, 0.4) is 0 Å². The predicted molar refractivity (Wildman–Crippen MR) is 71.0 cm³/mol. The molecule has 0 atom stereocenters. The monoisotopic (exact) mass is 232 g/mol. The molecule has 0 aromatic rings. The van der Waals surface area contributed by atoms with Gasteiger partial charge >= 0.3 is 0 Å². The Kier molecular flexibility index (Phi) is 15.5. The van der Waals surface area contributed by atoms with Crippen LogP contribution in [0.2, 0.25) is 0 Å². The SMILES string of the molecule is CCCCCCCCCCC(=N)C=N.Cl. The standard InChI is InChI=1S/C12H24N2.ClH/c1-2-3-4-5-6-7-8-9-10-12(14)11-13;/h11,13-14H,2-10H2,1H3;1H. The average molecular weight is 233 g/mol. The molecule has 0 saturated carbocycles. The molecular formula is C12H25ClN2. The number of rotatable bonds is 10. The maximum atomic E-state index is 7.27. The highest BCUT2D eigenvalue weighted by Gasteiger charge is 1.93. The number of halogens is 1. The van der Waals surface area contributed by atoms with Crippen molar-refractivity contribution in [1.29, 1.82) is 10.8 Å². The molecule has 0 bridgehead atoms. The topological polar surface area (TPSA) is 47.7 Å². The molecule has 2 N–H and O–H groups in total. The van der Waals surface area contributed by atoms with Crippen LogP contribution in [0.15, 0.2) is 0 Å². The van der Waals surface area contributed by atoms with Crippen LogP contribution in [0, 0.1) is 10.8 Å². The first-order chi connectivity index (χ1) is 6.81. The highest BCUT2D eigenvalue weighted by Crippen LogP contribution is 2.09. The van der Waals surface area contributed by atoms with E-state index in [4.69, 9.17) is 10.8 Å². The van der Waals surface area contributed by atoms with Crippen molar-refractivity contribution in [2.75, 3.05) is 0 Å². The van der Waals surface area contributed by atoms with Crippen molar-refractivity contribution in [3.8, 4) is 0 Å². The van der Waals surface area contributed by atoms with E-state index in [1.165, 1.54) is 44.9 Å². The zero-order chi connectivity index (χ0) is 10.6. The van der Waals surface area contributed by atoms with Crippen molar-refractivity contribution < 1.29 is 0 Å². The Hall–Kier alpha value is -0.370. The van der Waals surface area contributed by atoms with Crippen molar-refractivity contribution in [3.05, 3.63) is 0 Å². The first-order valence-electron chi connectivity index (χ1n) is 5.89. The Morgan fingerprint density at radius 3 is 1.87 bits per heavy atom. The highest BCUT2D eigenvalue weighted by atomic mass is 35.5. The quantitative estimate of drug-likeness (QED) is 0.408. The Labute approximate surface area is 100 Å². The summed E-state index contributed by atoms with van der Waals surface area (Å²) in [5, 5.41) is 14.1. The van der Waals surface area contributed by atoms with Gasteiger partial charge in [0.1, 0.15) is 0 Å². The average Bonchev–Trinajstić information content (AvgIpc) is 2.21. The summed E-state index contributed by atoms with van der Waals surface area (Å²) < 4.78 is 0. The van der Waals surface area contributed by atoms with Crippen LogP contribution in [0.4, 0.5) is 0 Å². The van der Waals surface area contributed by atoms with E-state index in [1.807, 2.05) is 0 Å². The minimum atomic E-state index is 0. The van der Waals surface area contributed by atoms with Gasteiger partial charge in [0.2, 0.25) is 0 Å². The van der Waals surface area contributed by atoms with Gasteiger partial charge in [0.05, 0.1) is 0 Å². The lowest BCUT2D eigenvalue weighted by Gasteiger charge is -2.00. The fourth-order valence-electron chi connectivity index (χ4n) is 1.52. The third-order valence-electron chi connectivity index (χ3n) is 2.47. The Morgan fingerprint density at radius 2 is 1.40 bits per heavy atom. The van der Waals surface area contributed by atoms with E-state index in [-0.39, 0.29) is 12.4 Å². The van der Waals surface area contributed by atoms with Crippen molar-refractivity contribution in [3.63, 3.8) is 0 Å². The smallest absolute Gasteiger partial charge is 0.0489 e. The zero-order valence-corrected chi connectivity index (χ0v) is 10.7. The van der Waals surface area contributed by atoms with Gasteiger partial charge in [-0.05, 0) is 12.8 Å². The molecule has 0 aromatic heterocycles. The lowest BCUT2D eigenvalue weighted by molar-refractivity contribution is 0.580. The second-order valence-electron chi connectivity index (χ2n) is 3.89. The first-order valence-corrected chi connectivity index (χ1v) is 5.89. The van der Waals surface area contributed by atoms with Gasteiger partial charge in [-0.3, -0.25) is 0 Å². The first kappa shape index (κ1) is 17.0. The maximum Gasteiger partial charge on any atom is 0.0489 e. The van der Waals surface area contributed by atoms with E-state index in [9.17, 15) is 0 Å². The maximum absolute atomic E-state index is 7.27. The van der Waals surface area contributed by atoms with Gasteiger partial charge in [-0.15, -0.1) is 12.4 Å². The number of hydrogen-bond donors (Lipinski definition) is 2. The Bertz CT molecular complexity index is 158. The molecule has 0 heterocycles. The lowest BCUT2D eigenvalue weighted by atomic mass is 10.1. The molecule has 3 heteroatoms. The summed E-state index contributed by atoms with van der Waals surface area (Å²) in [5.74, 6) is 0. The minimum absolute atomic E-state index is 0. The molecule has 0 aromatic carbocycles. The van der Waals surface area contributed by atoms with E-state index in [2.05, 4.69) is 6.92 Å². The van der Waals surface area contributed by atoms with Gasteiger partial charge in [0.25, 0.3) is 0 Å².